The average Bonchev–Trinajstić information content (AvgIpc) is 3.27. The summed E-state index contributed by atoms with van der Waals surface area (Å²) in [5.41, 5.74) is 1.45. The third-order valence-electron chi connectivity index (χ3n) is 4.61. The Morgan fingerprint density at radius 3 is 2.53 bits per heavy atom. The Bertz CT molecular complexity index is 1230. The van der Waals surface area contributed by atoms with Gasteiger partial charge >= 0.3 is 6.18 Å². The highest BCUT2D eigenvalue weighted by atomic mass is 32.1. The lowest BCUT2D eigenvalue weighted by molar-refractivity contribution is -0.137. The van der Waals surface area contributed by atoms with E-state index in [1.807, 2.05) is 36.5 Å². The number of rotatable bonds is 4. The van der Waals surface area contributed by atoms with Gasteiger partial charge in [-0.25, -0.2) is 4.98 Å². The minimum absolute atomic E-state index is 0.0484. The summed E-state index contributed by atoms with van der Waals surface area (Å²) < 4.78 is 46.0. The van der Waals surface area contributed by atoms with Gasteiger partial charge in [0.25, 0.3) is 5.91 Å². The first kappa shape index (κ1) is 20.0. The zero-order chi connectivity index (χ0) is 21.5. The number of ether oxygens (including phenoxy) is 1. The molecule has 0 aliphatic carbocycles. The molecule has 4 rings (SSSR count). The third kappa shape index (κ3) is 3.63. The topological polar surface area (TPSA) is 55.6 Å². The fourth-order valence-corrected chi connectivity index (χ4v) is 4.07. The van der Waals surface area contributed by atoms with Gasteiger partial charge in [-0.05, 0) is 25.1 Å². The van der Waals surface area contributed by atoms with Crippen molar-refractivity contribution in [1.29, 1.82) is 0 Å². The van der Waals surface area contributed by atoms with Crippen LogP contribution in [0, 0.1) is 6.92 Å². The Labute approximate surface area is 173 Å². The number of hydrogen-bond acceptors (Lipinski definition) is 4. The van der Waals surface area contributed by atoms with Crippen LogP contribution in [0.1, 0.15) is 20.9 Å². The van der Waals surface area contributed by atoms with Crippen molar-refractivity contribution in [2.45, 2.75) is 13.1 Å². The summed E-state index contributed by atoms with van der Waals surface area (Å²) in [6, 6.07) is 12.6. The van der Waals surface area contributed by atoms with Crippen molar-refractivity contribution in [3.63, 3.8) is 0 Å². The number of halogens is 3. The molecule has 0 spiro atoms. The van der Waals surface area contributed by atoms with E-state index in [0.29, 0.717) is 15.5 Å². The number of fused-ring (bicyclic) bond motifs is 1. The summed E-state index contributed by atoms with van der Waals surface area (Å²) in [6.45, 7) is 1.76. The van der Waals surface area contributed by atoms with E-state index in [1.165, 1.54) is 24.5 Å². The largest absolute Gasteiger partial charge is 0.495 e. The Balaban J connectivity index is 1.66. The number of aromatic nitrogens is 2. The van der Waals surface area contributed by atoms with Gasteiger partial charge < -0.3 is 10.1 Å². The number of benzene rings is 2. The van der Waals surface area contributed by atoms with Gasteiger partial charge in [-0.15, -0.1) is 0 Å². The second kappa shape index (κ2) is 7.49. The SMILES string of the molecule is COc1ccc(C(F)(F)F)cc1NC(=O)c1sc2nc(-c3ccccc3)cn2c1C. The number of methoxy groups -OCH3 is 1. The van der Waals surface area contributed by atoms with Crippen LogP contribution in [-0.4, -0.2) is 22.4 Å². The highest BCUT2D eigenvalue weighted by Gasteiger charge is 2.31. The van der Waals surface area contributed by atoms with E-state index in [9.17, 15) is 18.0 Å². The van der Waals surface area contributed by atoms with E-state index < -0.39 is 17.6 Å². The molecule has 30 heavy (non-hydrogen) atoms. The minimum Gasteiger partial charge on any atom is -0.495 e. The normalized spacial score (nSPS) is 11.6. The van der Waals surface area contributed by atoms with Gasteiger partial charge in [-0.3, -0.25) is 9.20 Å². The summed E-state index contributed by atoms with van der Waals surface area (Å²) in [6.07, 6.45) is -2.70. The summed E-state index contributed by atoms with van der Waals surface area (Å²) in [4.78, 5) is 18.3. The highest BCUT2D eigenvalue weighted by Crippen LogP contribution is 2.35. The van der Waals surface area contributed by atoms with E-state index >= 15 is 0 Å². The number of thiazole rings is 1. The maximum Gasteiger partial charge on any atom is 0.416 e. The predicted octanol–water partition coefficient (Wildman–Crippen LogP) is 5.65. The van der Waals surface area contributed by atoms with E-state index in [1.54, 1.807) is 11.3 Å². The number of carbonyl (C=O) groups excluding carboxylic acids is 1. The van der Waals surface area contributed by atoms with Crippen LogP contribution in [0.15, 0.2) is 54.7 Å². The van der Waals surface area contributed by atoms with Gasteiger partial charge in [0, 0.05) is 17.5 Å². The Kier molecular flexibility index (Phi) is 4.98. The van der Waals surface area contributed by atoms with Crippen molar-refractivity contribution in [3.8, 4) is 17.0 Å². The molecule has 9 heteroatoms. The first-order valence-corrected chi connectivity index (χ1v) is 9.70. The molecule has 0 bridgehead atoms. The van der Waals surface area contributed by atoms with Crippen LogP contribution >= 0.6 is 11.3 Å². The molecule has 0 atom stereocenters. The average molecular weight is 431 g/mol. The van der Waals surface area contributed by atoms with Gasteiger partial charge in [0.05, 0.1) is 24.1 Å². The molecule has 4 aromatic rings. The Hall–Kier alpha value is -3.33. The maximum atomic E-state index is 13.0. The molecule has 0 radical (unpaired) electrons. The molecular weight excluding hydrogens is 415 g/mol. The van der Waals surface area contributed by atoms with Crippen molar-refractivity contribution < 1.29 is 22.7 Å². The number of aryl methyl sites for hydroxylation is 1. The maximum absolute atomic E-state index is 13.0. The number of hydrogen-bond donors (Lipinski definition) is 1. The molecule has 0 saturated carbocycles. The quantitative estimate of drug-likeness (QED) is 0.454. The zero-order valence-corrected chi connectivity index (χ0v) is 16.8. The number of amides is 1. The molecule has 0 aliphatic heterocycles. The molecule has 2 aromatic carbocycles. The van der Waals surface area contributed by atoms with E-state index in [0.717, 1.165) is 23.4 Å². The molecule has 5 nitrogen and oxygen atoms in total. The number of nitrogens with one attached hydrogen (secondary N) is 1. The smallest absolute Gasteiger partial charge is 0.416 e. The number of carbonyl (C=O) groups is 1. The molecule has 0 fully saturated rings. The second-order valence-corrected chi connectivity index (χ2v) is 7.51. The number of anilines is 1. The fourth-order valence-electron chi connectivity index (χ4n) is 3.07. The van der Waals surface area contributed by atoms with Crippen LogP contribution in [0.25, 0.3) is 16.2 Å². The Morgan fingerprint density at radius 1 is 1.17 bits per heavy atom. The van der Waals surface area contributed by atoms with E-state index in [-0.39, 0.29) is 11.4 Å². The monoisotopic (exact) mass is 431 g/mol. The summed E-state index contributed by atoms with van der Waals surface area (Å²) in [5.74, 6) is -0.386. The minimum atomic E-state index is -4.53. The molecule has 0 saturated heterocycles. The first-order valence-electron chi connectivity index (χ1n) is 8.88. The van der Waals surface area contributed by atoms with Crippen molar-refractivity contribution in [2.75, 3.05) is 12.4 Å². The first-order chi connectivity index (χ1) is 14.3. The second-order valence-electron chi connectivity index (χ2n) is 6.53. The number of imidazole rings is 1. The van der Waals surface area contributed by atoms with Crippen molar-refractivity contribution in [2.24, 2.45) is 0 Å². The summed E-state index contributed by atoms with van der Waals surface area (Å²) >= 11 is 1.17. The molecule has 2 heterocycles. The standard InChI is InChI=1S/C21H16F3N3O2S/c1-12-18(30-20-26-16(11-27(12)20)13-6-4-3-5-7-13)19(28)25-15-10-14(21(22,23)24)8-9-17(15)29-2/h3-11H,1-2H3,(H,25,28). The number of nitrogens with zero attached hydrogens (tertiary/aromatic N) is 2. The van der Waals surface area contributed by atoms with Gasteiger partial charge in [-0.1, -0.05) is 41.7 Å². The van der Waals surface area contributed by atoms with E-state index in [2.05, 4.69) is 10.3 Å². The molecule has 0 aliphatic rings. The van der Waals surface area contributed by atoms with Crippen LogP contribution in [0.5, 0.6) is 5.75 Å². The lowest BCUT2D eigenvalue weighted by atomic mass is 10.1. The zero-order valence-electron chi connectivity index (χ0n) is 15.9. The van der Waals surface area contributed by atoms with Gasteiger partial charge in [-0.2, -0.15) is 13.2 Å². The molecular formula is C21H16F3N3O2S. The van der Waals surface area contributed by atoms with Gasteiger partial charge in [0.15, 0.2) is 4.96 Å². The van der Waals surface area contributed by atoms with Crippen LogP contribution < -0.4 is 10.1 Å². The lowest BCUT2D eigenvalue weighted by Gasteiger charge is -2.13. The lowest BCUT2D eigenvalue weighted by Crippen LogP contribution is -2.14. The van der Waals surface area contributed by atoms with Crippen molar-refractivity contribution in [1.82, 2.24) is 9.38 Å². The van der Waals surface area contributed by atoms with Crippen LogP contribution in [0.3, 0.4) is 0 Å². The van der Waals surface area contributed by atoms with Crippen molar-refractivity contribution in [3.05, 3.63) is 70.9 Å². The van der Waals surface area contributed by atoms with Gasteiger partial charge in [0.2, 0.25) is 0 Å². The van der Waals surface area contributed by atoms with Crippen LogP contribution in [0.4, 0.5) is 18.9 Å². The van der Waals surface area contributed by atoms with Crippen molar-refractivity contribution >= 4 is 27.9 Å². The molecule has 154 valence electrons. The molecule has 1 amide bonds. The third-order valence-corrected chi connectivity index (χ3v) is 5.76. The summed E-state index contributed by atoms with van der Waals surface area (Å²) in [7, 11) is 1.33. The molecule has 2 aromatic heterocycles. The Morgan fingerprint density at radius 2 is 1.90 bits per heavy atom. The molecule has 0 unspecified atom stereocenters. The van der Waals surface area contributed by atoms with E-state index in [4.69, 9.17) is 4.74 Å². The van der Waals surface area contributed by atoms with Crippen LogP contribution in [-0.2, 0) is 6.18 Å². The predicted molar refractivity (Wildman–Crippen MR) is 109 cm³/mol. The summed E-state index contributed by atoms with van der Waals surface area (Å²) in [5, 5.41) is 2.53. The van der Waals surface area contributed by atoms with Gasteiger partial charge in [0.1, 0.15) is 10.6 Å². The fraction of sp³-hybridized carbons (Fsp3) is 0.143. The number of alkyl halides is 3. The molecule has 1 N–H and O–H groups in total. The van der Waals surface area contributed by atoms with Crippen LogP contribution in [0.2, 0.25) is 0 Å². The highest BCUT2D eigenvalue weighted by molar-refractivity contribution is 7.19.